The third-order valence-corrected chi connectivity index (χ3v) is 5.43. The van der Waals surface area contributed by atoms with Gasteiger partial charge in [-0.05, 0) is 30.7 Å². The monoisotopic (exact) mass is 352 g/mol. The van der Waals surface area contributed by atoms with Crippen molar-refractivity contribution in [1.82, 2.24) is 4.57 Å². The molecule has 0 bridgehead atoms. The summed E-state index contributed by atoms with van der Waals surface area (Å²) in [7, 11) is 4.19. The Hall–Kier alpha value is -3.58. The Kier molecular flexibility index (Phi) is 3.16. The fourth-order valence-corrected chi connectivity index (χ4v) is 4.09. The third kappa shape index (κ3) is 2.06. The van der Waals surface area contributed by atoms with Gasteiger partial charge >= 0.3 is 0 Å². The van der Waals surface area contributed by atoms with E-state index in [-0.39, 0.29) is 0 Å². The zero-order valence-corrected chi connectivity index (χ0v) is 15.4. The highest BCUT2D eigenvalue weighted by atomic mass is 16.3. The summed E-state index contributed by atoms with van der Waals surface area (Å²) in [6.45, 7) is 9.37. The number of rotatable bonds is 1. The van der Waals surface area contributed by atoms with Gasteiger partial charge in [-0.3, -0.25) is 0 Å². The molecule has 4 nitrogen and oxygen atoms in total. The molecule has 0 radical (unpaired) electrons. The van der Waals surface area contributed by atoms with Crippen LogP contribution < -0.4 is 4.57 Å². The van der Waals surface area contributed by atoms with Crippen molar-refractivity contribution in [2.24, 2.45) is 14.1 Å². The summed E-state index contributed by atoms with van der Waals surface area (Å²) < 4.78 is 10.7. The molecule has 0 fully saturated rings. The maximum absolute atomic E-state index is 7.26. The van der Waals surface area contributed by atoms with Gasteiger partial charge in [0.15, 0.2) is 22.3 Å². The first-order chi connectivity index (χ1) is 13.1. The van der Waals surface area contributed by atoms with Crippen molar-refractivity contribution in [2.75, 3.05) is 0 Å². The Morgan fingerprint density at radius 2 is 1.81 bits per heavy atom. The summed E-state index contributed by atoms with van der Waals surface area (Å²) in [5.41, 5.74) is 6.83. The molecule has 2 heterocycles. The molecule has 0 aliphatic carbocycles. The second kappa shape index (κ2) is 5.46. The van der Waals surface area contributed by atoms with E-state index in [1.54, 1.807) is 0 Å². The largest absolute Gasteiger partial charge is 0.456 e. The van der Waals surface area contributed by atoms with E-state index in [1.807, 2.05) is 18.2 Å². The Morgan fingerprint density at radius 1 is 1.04 bits per heavy atom. The van der Waals surface area contributed by atoms with Crippen molar-refractivity contribution >= 4 is 38.7 Å². The zero-order chi connectivity index (χ0) is 18.7. The molecule has 5 aromatic rings. The minimum absolute atomic E-state index is 0.593. The predicted molar refractivity (Wildman–Crippen MR) is 108 cm³/mol. The van der Waals surface area contributed by atoms with Crippen LogP contribution in [0.5, 0.6) is 0 Å². The molecule has 0 spiro atoms. The maximum atomic E-state index is 7.26. The third-order valence-electron chi connectivity index (χ3n) is 5.43. The fraction of sp³-hybridized carbons (Fsp3) is 0.130. The van der Waals surface area contributed by atoms with Crippen LogP contribution in [0.25, 0.3) is 49.2 Å². The van der Waals surface area contributed by atoms with E-state index in [0.717, 1.165) is 38.9 Å². The van der Waals surface area contributed by atoms with Crippen molar-refractivity contribution in [3.63, 3.8) is 0 Å². The molecule has 0 aliphatic rings. The maximum Gasteiger partial charge on any atom is 0.293 e. The molecule has 130 valence electrons. The van der Waals surface area contributed by atoms with Crippen LogP contribution in [0, 0.1) is 13.5 Å². The number of fused-ring (bicyclic) bond motifs is 4. The van der Waals surface area contributed by atoms with Crippen LogP contribution in [0.1, 0.15) is 5.56 Å². The molecule has 27 heavy (non-hydrogen) atoms. The summed E-state index contributed by atoms with van der Waals surface area (Å²) in [5.74, 6) is 1.10. The minimum Gasteiger partial charge on any atom is -0.456 e. The molecule has 0 amide bonds. The molecule has 0 N–H and O–H groups in total. The number of nitrogens with zero attached hydrogens (tertiary/aromatic N) is 3. The number of benzene rings is 3. The van der Waals surface area contributed by atoms with Crippen molar-refractivity contribution in [3.8, 4) is 11.4 Å². The van der Waals surface area contributed by atoms with E-state index in [0.29, 0.717) is 5.69 Å². The Morgan fingerprint density at radius 3 is 2.59 bits per heavy atom. The van der Waals surface area contributed by atoms with E-state index in [2.05, 4.69) is 71.4 Å². The molecule has 4 heteroatoms. The summed E-state index contributed by atoms with van der Waals surface area (Å²) >= 11 is 0. The van der Waals surface area contributed by atoms with Crippen LogP contribution in [-0.2, 0) is 14.1 Å². The van der Waals surface area contributed by atoms with Gasteiger partial charge in [0.25, 0.3) is 5.82 Å². The second-order valence-electron chi connectivity index (χ2n) is 6.96. The van der Waals surface area contributed by atoms with Gasteiger partial charge in [0.1, 0.15) is 11.1 Å². The van der Waals surface area contributed by atoms with Crippen LogP contribution in [0.3, 0.4) is 0 Å². The summed E-state index contributed by atoms with van der Waals surface area (Å²) in [4.78, 5) is 3.53. The number of imidazole rings is 1. The van der Waals surface area contributed by atoms with Gasteiger partial charge in [-0.1, -0.05) is 36.4 Å². The van der Waals surface area contributed by atoms with Gasteiger partial charge in [0.2, 0.25) is 0 Å². The highest BCUT2D eigenvalue weighted by Crippen LogP contribution is 2.38. The van der Waals surface area contributed by atoms with Gasteiger partial charge in [-0.2, -0.15) is 0 Å². The Balaban J connectivity index is 1.94. The van der Waals surface area contributed by atoms with E-state index in [9.17, 15) is 0 Å². The first kappa shape index (κ1) is 15.7. The van der Waals surface area contributed by atoms with Crippen molar-refractivity contribution < 1.29 is 8.98 Å². The molecular formula is C23H18N3O+. The number of para-hydroxylation sites is 2. The molecular weight excluding hydrogens is 334 g/mol. The average Bonchev–Trinajstić information content (AvgIpc) is 3.17. The second-order valence-corrected chi connectivity index (χ2v) is 6.96. The Labute approximate surface area is 156 Å². The normalized spacial score (nSPS) is 11.5. The summed E-state index contributed by atoms with van der Waals surface area (Å²) in [6.07, 6.45) is 0. The van der Waals surface area contributed by atoms with Gasteiger partial charge in [0.05, 0.1) is 20.7 Å². The lowest BCUT2D eigenvalue weighted by Gasteiger charge is -2.04. The number of hydrogen-bond acceptors (Lipinski definition) is 1. The van der Waals surface area contributed by atoms with E-state index < -0.39 is 0 Å². The SMILES string of the molecule is [C-]#[N+]c1ccc2c(c1)oc1c(-c3n(C)c4ccccc4[n+]3C)c(C)ccc12. The van der Waals surface area contributed by atoms with Gasteiger partial charge in [-0.25, -0.2) is 14.0 Å². The molecule has 3 aromatic carbocycles. The van der Waals surface area contributed by atoms with Crippen molar-refractivity contribution in [3.05, 3.63) is 71.6 Å². The summed E-state index contributed by atoms with van der Waals surface area (Å²) in [5, 5.41) is 2.12. The number of furan rings is 1. The van der Waals surface area contributed by atoms with Gasteiger partial charge < -0.3 is 4.42 Å². The van der Waals surface area contributed by atoms with Crippen LogP contribution >= 0.6 is 0 Å². The van der Waals surface area contributed by atoms with Crippen LogP contribution in [-0.4, -0.2) is 4.57 Å². The fourth-order valence-electron chi connectivity index (χ4n) is 4.09. The molecule has 0 saturated carbocycles. The van der Waals surface area contributed by atoms with Crippen LogP contribution in [0.2, 0.25) is 0 Å². The molecule has 5 rings (SSSR count). The molecule has 0 aliphatic heterocycles. The van der Waals surface area contributed by atoms with Crippen molar-refractivity contribution in [2.45, 2.75) is 6.92 Å². The number of aromatic nitrogens is 2. The summed E-state index contributed by atoms with van der Waals surface area (Å²) in [6, 6.07) is 18.3. The lowest BCUT2D eigenvalue weighted by Crippen LogP contribution is -2.30. The van der Waals surface area contributed by atoms with E-state index in [4.69, 9.17) is 11.0 Å². The van der Waals surface area contributed by atoms with E-state index >= 15 is 0 Å². The van der Waals surface area contributed by atoms with Crippen LogP contribution in [0.4, 0.5) is 5.69 Å². The molecule has 2 aromatic heterocycles. The van der Waals surface area contributed by atoms with E-state index in [1.165, 1.54) is 11.0 Å². The molecule has 0 saturated heterocycles. The minimum atomic E-state index is 0.593. The Bertz CT molecular complexity index is 1370. The first-order valence-electron chi connectivity index (χ1n) is 8.87. The first-order valence-corrected chi connectivity index (χ1v) is 8.87. The zero-order valence-electron chi connectivity index (χ0n) is 15.4. The number of aryl methyl sites for hydroxylation is 3. The van der Waals surface area contributed by atoms with Crippen molar-refractivity contribution in [1.29, 1.82) is 0 Å². The molecule has 0 unspecified atom stereocenters. The van der Waals surface area contributed by atoms with Gasteiger partial charge in [0, 0.05) is 10.8 Å². The highest BCUT2D eigenvalue weighted by molar-refractivity contribution is 6.10. The van der Waals surface area contributed by atoms with Gasteiger partial charge in [-0.15, -0.1) is 0 Å². The number of hydrogen-bond donors (Lipinski definition) is 0. The highest BCUT2D eigenvalue weighted by Gasteiger charge is 2.27. The predicted octanol–water partition coefficient (Wildman–Crippen LogP) is 5.43. The quantitative estimate of drug-likeness (QED) is 0.292. The smallest absolute Gasteiger partial charge is 0.293 e. The van der Waals surface area contributed by atoms with Crippen LogP contribution in [0.15, 0.2) is 59.0 Å². The topological polar surface area (TPSA) is 26.3 Å². The lowest BCUT2D eigenvalue weighted by atomic mass is 10.0. The molecule has 0 atom stereocenters. The standard InChI is InChI=1S/C23H18N3O/c1-14-9-11-17-16-12-10-15(24-2)13-20(16)27-22(17)21(14)23-25(3)18-7-5-6-8-19(18)26(23)4/h5-13H,1,3-4H3/q+1. The lowest BCUT2D eigenvalue weighted by molar-refractivity contribution is -0.634. The average molecular weight is 352 g/mol.